The summed E-state index contributed by atoms with van der Waals surface area (Å²) in [5.74, 6) is -0.299. The molecule has 4 heteroatoms. The first-order valence-electron chi connectivity index (χ1n) is 5.94. The molecule has 0 aliphatic rings. The summed E-state index contributed by atoms with van der Waals surface area (Å²) in [7, 11) is 1.39. The lowest BCUT2D eigenvalue weighted by atomic mass is 10.00. The zero-order chi connectivity index (χ0) is 13.5. The van der Waals surface area contributed by atoms with Crippen LogP contribution in [0, 0.1) is 13.8 Å². The molecule has 0 aliphatic carbocycles. The summed E-state index contributed by atoms with van der Waals surface area (Å²) in [5, 5.41) is 0. The fourth-order valence-electron chi connectivity index (χ4n) is 1.86. The van der Waals surface area contributed by atoms with Gasteiger partial charge in [0.25, 0.3) is 0 Å². The number of ether oxygens (including phenoxy) is 3. The van der Waals surface area contributed by atoms with Crippen LogP contribution in [0.4, 0.5) is 0 Å². The highest BCUT2D eigenvalue weighted by Gasteiger charge is 2.13. The number of methoxy groups -OCH3 is 1. The molecular weight excluding hydrogens is 232 g/mol. The largest absolute Gasteiger partial charge is 0.465 e. The molecule has 0 radical (unpaired) electrons. The lowest BCUT2D eigenvalue weighted by Gasteiger charge is -2.11. The molecule has 0 saturated heterocycles. The minimum absolute atomic E-state index is 0.285. The third-order valence-electron chi connectivity index (χ3n) is 2.62. The van der Waals surface area contributed by atoms with Crippen molar-refractivity contribution in [1.29, 1.82) is 0 Å². The van der Waals surface area contributed by atoms with E-state index >= 15 is 0 Å². The first-order valence-corrected chi connectivity index (χ1v) is 5.94. The summed E-state index contributed by atoms with van der Waals surface area (Å²) in [6.45, 7) is 7.11. The summed E-state index contributed by atoms with van der Waals surface area (Å²) < 4.78 is 15.2. The fraction of sp³-hybridized carbons (Fsp3) is 0.500. The molecule has 0 amide bonds. The molecule has 1 rings (SSSR count). The van der Waals surface area contributed by atoms with Crippen LogP contribution >= 0.6 is 0 Å². The lowest BCUT2D eigenvalue weighted by Crippen LogP contribution is -2.08. The van der Waals surface area contributed by atoms with Crippen molar-refractivity contribution in [1.82, 2.24) is 0 Å². The zero-order valence-electron chi connectivity index (χ0n) is 11.4. The van der Waals surface area contributed by atoms with Gasteiger partial charge in [-0.3, -0.25) is 0 Å². The van der Waals surface area contributed by atoms with Crippen molar-refractivity contribution in [3.63, 3.8) is 0 Å². The van der Waals surface area contributed by atoms with Gasteiger partial charge in [-0.25, -0.2) is 4.79 Å². The van der Waals surface area contributed by atoms with E-state index in [9.17, 15) is 4.79 Å². The van der Waals surface area contributed by atoms with Crippen molar-refractivity contribution in [2.75, 3.05) is 20.5 Å². The Morgan fingerprint density at radius 2 is 1.78 bits per heavy atom. The number of carbonyl (C=O) groups excluding carboxylic acids is 1. The molecule has 0 fully saturated rings. The molecule has 0 atom stereocenters. The molecule has 0 aliphatic heterocycles. The molecule has 0 aromatic heterocycles. The molecule has 0 unspecified atom stereocenters. The standard InChI is InChI=1S/C14H20O4/c1-5-17-9-18-8-12-6-10(2)13(11(3)7-12)14(15)16-4/h6-7H,5,8-9H2,1-4H3. The number of benzene rings is 1. The normalized spacial score (nSPS) is 10.4. The van der Waals surface area contributed by atoms with Gasteiger partial charge in [0.1, 0.15) is 6.79 Å². The van der Waals surface area contributed by atoms with E-state index in [0.29, 0.717) is 18.8 Å². The van der Waals surface area contributed by atoms with E-state index in [0.717, 1.165) is 16.7 Å². The maximum atomic E-state index is 11.6. The summed E-state index contributed by atoms with van der Waals surface area (Å²) >= 11 is 0. The van der Waals surface area contributed by atoms with Crippen molar-refractivity contribution < 1.29 is 19.0 Å². The third-order valence-corrected chi connectivity index (χ3v) is 2.62. The summed E-state index contributed by atoms with van der Waals surface area (Å²) in [6.07, 6.45) is 0. The van der Waals surface area contributed by atoms with Crippen molar-refractivity contribution in [3.05, 3.63) is 34.4 Å². The number of hydrogen-bond donors (Lipinski definition) is 0. The Kier molecular flexibility index (Phi) is 5.82. The molecule has 0 N–H and O–H groups in total. The van der Waals surface area contributed by atoms with Crippen molar-refractivity contribution in [2.24, 2.45) is 0 Å². The van der Waals surface area contributed by atoms with E-state index in [1.165, 1.54) is 7.11 Å². The molecule has 0 spiro atoms. The van der Waals surface area contributed by atoms with E-state index in [1.807, 2.05) is 32.9 Å². The van der Waals surface area contributed by atoms with Gasteiger partial charge in [0.15, 0.2) is 0 Å². The van der Waals surface area contributed by atoms with Gasteiger partial charge in [0, 0.05) is 6.61 Å². The molecule has 0 heterocycles. The Labute approximate surface area is 108 Å². The maximum Gasteiger partial charge on any atom is 0.338 e. The van der Waals surface area contributed by atoms with Gasteiger partial charge in [-0.15, -0.1) is 0 Å². The summed E-state index contributed by atoms with van der Waals surface area (Å²) in [6, 6.07) is 3.87. The number of esters is 1. The SMILES string of the molecule is CCOCOCc1cc(C)c(C(=O)OC)c(C)c1. The van der Waals surface area contributed by atoms with Crippen LogP contribution in [0.3, 0.4) is 0 Å². The second-order valence-electron chi connectivity index (χ2n) is 4.06. The molecule has 0 bridgehead atoms. The second kappa shape index (κ2) is 7.13. The molecule has 4 nitrogen and oxygen atoms in total. The Bertz CT molecular complexity index is 389. The van der Waals surface area contributed by atoms with Gasteiger partial charge in [-0.2, -0.15) is 0 Å². The number of rotatable bonds is 6. The Morgan fingerprint density at radius 3 is 2.28 bits per heavy atom. The quantitative estimate of drug-likeness (QED) is 0.443. The first-order chi connectivity index (χ1) is 8.60. The average molecular weight is 252 g/mol. The van der Waals surface area contributed by atoms with E-state index in [1.54, 1.807) is 0 Å². The van der Waals surface area contributed by atoms with Crippen molar-refractivity contribution in [2.45, 2.75) is 27.4 Å². The number of aryl methyl sites for hydroxylation is 2. The van der Waals surface area contributed by atoms with E-state index in [4.69, 9.17) is 14.2 Å². The van der Waals surface area contributed by atoms with Crippen molar-refractivity contribution >= 4 is 5.97 Å². The van der Waals surface area contributed by atoms with Gasteiger partial charge in [-0.1, -0.05) is 12.1 Å². The van der Waals surface area contributed by atoms with Gasteiger partial charge < -0.3 is 14.2 Å². The van der Waals surface area contributed by atoms with Crippen LogP contribution in [-0.2, 0) is 20.8 Å². The molecule has 1 aromatic rings. The molecule has 18 heavy (non-hydrogen) atoms. The fourth-order valence-corrected chi connectivity index (χ4v) is 1.86. The molecule has 0 saturated carbocycles. The molecule has 100 valence electrons. The van der Waals surface area contributed by atoms with Crippen molar-refractivity contribution in [3.8, 4) is 0 Å². The highest BCUT2D eigenvalue weighted by Crippen LogP contribution is 2.18. The van der Waals surface area contributed by atoms with Crippen LogP contribution in [0.1, 0.15) is 34.0 Å². The van der Waals surface area contributed by atoms with Gasteiger partial charge in [-0.05, 0) is 37.5 Å². The smallest absolute Gasteiger partial charge is 0.338 e. The Balaban J connectivity index is 2.76. The van der Waals surface area contributed by atoms with Gasteiger partial charge in [0.2, 0.25) is 0 Å². The van der Waals surface area contributed by atoms with Gasteiger partial charge >= 0.3 is 5.97 Å². The predicted molar refractivity (Wildman–Crippen MR) is 68.5 cm³/mol. The van der Waals surface area contributed by atoms with Gasteiger partial charge in [0.05, 0.1) is 19.3 Å². The molecular formula is C14H20O4. The minimum Gasteiger partial charge on any atom is -0.465 e. The Morgan fingerprint density at radius 1 is 1.17 bits per heavy atom. The van der Waals surface area contributed by atoms with Crippen LogP contribution in [0.5, 0.6) is 0 Å². The summed E-state index contributed by atoms with van der Waals surface area (Å²) in [4.78, 5) is 11.6. The van der Waals surface area contributed by atoms with E-state index in [2.05, 4.69) is 0 Å². The topological polar surface area (TPSA) is 44.8 Å². The third kappa shape index (κ3) is 3.82. The highest BCUT2D eigenvalue weighted by atomic mass is 16.7. The van der Waals surface area contributed by atoms with Crippen LogP contribution < -0.4 is 0 Å². The second-order valence-corrected chi connectivity index (χ2v) is 4.06. The Hall–Kier alpha value is -1.39. The molecule has 1 aromatic carbocycles. The highest BCUT2D eigenvalue weighted by molar-refractivity contribution is 5.92. The monoisotopic (exact) mass is 252 g/mol. The number of hydrogen-bond acceptors (Lipinski definition) is 4. The van der Waals surface area contributed by atoms with Crippen LogP contribution in [0.15, 0.2) is 12.1 Å². The predicted octanol–water partition coefficient (Wildman–Crippen LogP) is 2.60. The zero-order valence-corrected chi connectivity index (χ0v) is 11.4. The lowest BCUT2D eigenvalue weighted by molar-refractivity contribution is -0.0571. The van der Waals surface area contributed by atoms with Crippen LogP contribution in [0.2, 0.25) is 0 Å². The van der Waals surface area contributed by atoms with Crippen LogP contribution in [0.25, 0.3) is 0 Å². The van der Waals surface area contributed by atoms with E-state index in [-0.39, 0.29) is 12.8 Å². The van der Waals surface area contributed by atoms with Crippen LogP contribution in [-0.4, -0.2) is 26.5 Å². The number of carbonyl (C=O) groups is 1. The van der Waals surface area contributed by atoms with E-state index < -0.39 is 0 Å². The summed E-state index contributed by atoms with van der Waals surface area (Å²) in [5.41, 5.74) is 3.46. The maximum absolute atomic E-state index is 11.6. The average Bonchev–Trinajstić information content (AvgIpc) is 2.33. The first kappa shape index (κ1) is 14.7. The minimum atomic E-state index is -0.299.